The molecule has 1 heterocycles. The number of amides is 1. The Morgan fingerprint density at radius 2 is 1.83 bits per heavy atom. The predicted octanol–water partition coefficient (Wildman–Crippen LogP) is 5.35. The highest BCUT2D eigenvalue weighted by atomic mass is 35.5. The molecule has 0 aromatic heterocycles. The average molecular weight is 357 g/mol. The molecule has 2 aromatic rings. The first-order valence-corrected chi connectivity index (χ1v) is 8.98. The van der Waals surface area contributed by atoms with Crippen molar-refractivity contribution in [1.29, 1.82) is 0 Å². The van der Waals surface area contributed by atoms with Crippen LogP contribution < -0.4 is 0 Å². The van der Waals surface area contributed by atoms with Gasteiger partial charge >= 0.3 is 0 Å². The fourth-order valence-corrected chi connectivity index (χ4v) is 3.56. The molecular formula is C19H17ClN2OS. The second-order valence-electron chi connectivity index (χ2n) is 5.32. The van der Waals surface area contributed by atoms with Crippen molar-refractivity contribution in [2.45, 2.75) is 13.3 Å². The summed E-state index contributed by atoms with van der Waals surface area (Å²) in [5.74, 6) is -0.0172. The molecule has 0 unspecified atom stereocenters. The molecule has 24 heavy (non-hydrogen) atoms. The lowest BCUT2D eigenvalue weighted by molar-refractivity contribution is -0.122. The molecule has 2 aromatic carbocycles. The number of thioether (sulfide) groups is 1. The largest absolute Gasteiger partial charge is 0.286 e. The van der Waals surface area contributed by atoms with Crippen molar-refractivity contribution in [3.05, 3.63) is 70.1 Å². The van der Waals surface area contributed by atoms with Gasteiger partial charge in [0.25, 0.3) is 5.91 Å². The molecule has 0 radical (unpaired) electrons. The van der Waals surface area contributed by atoms with Crippen LogP contribution in [-0.4, -0.2) is 22.5 Å². The maximum Gasteiger partial charge on any atom is 0.266 e. The van der Waals surface area contributed by atoms with Crippen LogP contribution in [0.4, 0.5) is 5.69 Å². The third-order valence-corrected chi connectivity index (χ3v) is 4.86. The van der Waals surface area contributed by atoms with Crippen LogP contribution in [-0.2, 0) is 4.79 Å². The van der Waals surface area contributed by atoms with Crippen LogP contribution in [0.25, 0.3) is 6.08 Å². The first-order chi connectivity index (χ1) is 11.7. The molecule has 0 bridgehead atoms. The van der Waals surface area contributed by atoms with E-state index in [0.717, 1.165) is 17.7 Å². The highest BCUT2D eigenvalue weighted by molar-refractivity contribution is 8.18. The number of rotatable bonds is 4. The van der Waals surface area contributed by atoms with Crippen molar-refractivity contribution >= 4 is 46.2 Å². The van der Waals surface area contributed by atoms with Gasteiger partial charge in [0.15, 0.2) is 5.17 Å². The summed E-state index contributed by atoms with van der Waals surface area (Å²) < 4.78 is 0. The quantitative estimate of drug-likeness (QED) is 0.691. The number of amidine groups is 1. The van der Waals surface area contributed by atoms with Crippen LogP contribution in [0.2, 0.25) is 5.02 Å². The smallest absolute Gasteiger partial charge is 0.266 e. The van der Waals surface area contributed by atoms with Crippen molar-refractivity contribution in [1.82, 2.24) is 4.90 Å². The van der Waals surface area contributed by atoms with Gasteiger partial charge in [0.1, 0.15) is 0 Å². The Kier molecular flexibility index (Phi) is 5.38. The van der Waals surface area contributed by atoms with Crippen LogP contribution in [0.3, 0.4) is 0 Å². The number of nitrogens with zero attached hydrogens (tertiary/aromatic N) is 2. The van der Waals surface area contributed by atoms with E-state index in [1.807, 2.05) is 67.6 Å². The van der Waals surface area contributed by atoms with E-state index in [1.54, 1.807) is 4.90 Å². The van der Waals surface area contributed by atoms with Gasteiger partial charge in [0.05, 0.1) is 10.6 Å². The minimum atomic E-state index is -0.0172. The number of hydrogen-bond donors (Lipinski definition) is 0. The van der Waals surface area contributed by atoms with E-state index in [9.17, 15) is 4.79 Å². The highest BCUT2D eigenvalue weighted by Gasteiger charge is 2.32. The van der Waals surface area contributed by atoms with E-state index < -0.39 is 0 Å². The normalized spacial score (nSPS) is 17.9. The summed E-state index contributed by atoms with van der Waals surface area (Å²) in [6.45, 7) is 2.70. The molecule has 3 nitrogen and oxygen atoms in total. The summed E-state index contributed by atoms with van der Waals surface area (Å²) in [6.07, 6.45) is 2.71. The third-order valence-electron chi connectivity index (χ3n) is 3.51. The first kappa shape index (κ1) is 16.8. The number of benzene rings is 2. The van der Waals surface area contributed by atoms with Gasteiger partial charge in [-0.05, 0) is 48.0 Å². The van der Waals surface area contributed by atoms with E-state index in [-0.39, 0.29) is 5.91 Å². The van der Waals surface area contributed by atoms with Gasteiger partial charge in [-0.15, -0.1) is 0 Å². The predicted molar refractivity (Wildman–Crippen MR) is 103 cm³/mol. The minimum Gasteiger partial charge on any atom is -0.286 e. The zero-order chi connectivity index (χ0) is 16.9. The molecule has 5 heteroatoms. The summed E-state index contributed by atoms with van der Waals surface area (Å²) in [4.78, 5) is 19.7. The van der Waals surface area contributed by atoms with E-state index >= 15 is 0 Å². The van der Waals surface area contributed by atoms with Crippen molar-refractivity contribution in [3.63, 3.8) is 0 Å². The van der Waals surface area contributed by atoms with Crippen LogP contribution in [0, 0.1) is 0 Å². The van der Waals surface area contributed by atoms with Crippen molar-refractivity contribution in [3.8, 4) is 0 Å². The molecule has 1 saturated heterocycles. The third kappa shape index (κ3) is 3.71. The van der Waals surface area contributed by atoms with Crippen molar-refractivity contribution in [2.75, 3.05) is 6.54 Å². The zero-order valence-corrected chi connectivity index (χ0v) is 14.8. The average Bonchev–Trinajstić information content (AvgIpc) is 2.87. The minimum absolute atomic E-state index is 0.0172. The Morgan fingerprint density at radius 1 is 1.12 bits per heavy atom. The van der Waals surface area contributed by atoms with Gasteiger partial charge in [0.2, 0.25) is 0 Å². The Labute approximate surface area is 151 Å². The molecule has 0 spiro atoms. The number of halogens is 1. The fraction of sp³-hybridized carbons (Fsp3) is 0.158. The molecule has 1 aliphatic heterocycles. The highest BCUT2D eigenvalue weighted by Crippen LogP contribution is 2.35. The van der Waals surface area contributed by atoms with Crippen molar-refractivity contribution < 1.29 is 4.79 Å². The molecule has 3 rings (SSSR count). The van der Waals surface area contributed by atoms with Crippen molar-refractivity contribution in [2.24, 2.45) is 4.99 Å². The van der Waals surface area contributed by atoms with Gasteiger partial charge in [-0.1, -0.05) is 54.9 Å². The zero-order valence-electron chi connectivity index (χ0n) is 13.3. The molecule has 1 aliphatic rings. The van der Waals surface area contributed by atoms with Crippen LogP contribution >= 0.6 is 23.4 Å². The van der Waals surface area contributed by atoms with E-state index in [4.69, 9.17) is 11.6 Å². The SMILES string of the molecule is CCCN1C(=O)/C(=C/c2ccccc2Cl)SC1=Nc1ccccc1. The lowest BCUT2D eigenvalue weighted by Crippen LogP contribution is -2.29. The maximum atomic E-state index is 12.7. The lowest BCUT2D eigenvalue weighted by Gasteiger charge is -2.13. The van der Waals surface area contributed by atoms with Gasteiger partial charge < -0.3 is 0 Å². The monoisotopic (exact) mass is 356 g/mol. The number of aliphatic imine (C=N–C) groups is 1. The second-order valence-corrected chi connectivity index (χ2v) is 6.74. The summed E-state index contributed by atoms with van der Waals surface area (Å²) >= 11 is 7.60. The first-order valence-electron chi connectivity index (χ1n) is 7.78. The van der Waals surface area contributed by atoms with Gasteiger partial charge in [0, 0.05) is 11.6 Å². The molecule has 0 atom stereocenters. The summed E-state index contributed by atoms with van der Waals surface area (Å²) in [7, 11) is 0. The molecule has 0 saturated carbocycles. The Morgan fingerprint density at radius 3 is 2.54 bits per heavy atom. The Balaban J connectivity index is 1.95. The Bertz CT molecular complexity index is 802. The molecule has 0 N–H and O–H groups in total. The lowest BCUT2D eigenvalue weighted by atomic mass is 10.2. The number of carbonyl (C=O) groups excluding carboxylic acids is 1. The summed E-state index contributed by atoms with van der Waals surface area (Å²) in [6, 6.07) is 17.2. The topological polar surface area (TPSA) is 32.7 Å². The second kappa shape index (κ2) is 7.69. The summed E-state index contributed by atoms with van der Waals surface area (Å²) in [5, 5.41) is 1.35. The summed E-state index contributed by atoms with van der Waals surface area (Å²) in [5.41, 5.74) is 1.68. The van der Waals surface area contributed by atoms with E-state index in [1.165, 1.54) is 11.8 Å². The van der Waals surface area contributed by atoms with Gasteiger partial charge in [-0.25, -0.2) is 4.99 Å². The Hall–Kier alpha value is -2.04. The molecule has 0 aliphatic carbocycles. The maximum absolute atomic E-state index is 12.7. The van der Waals surface area contributed by atoms with Crippen LogP contribution in [0.1, 0.15) is 18.9 Å². The molecule has 122 valence electrons. The van der Waals surface area contributed by atoms with Crippen LogP contribution in [0.15, 0.2) is 64.5 Å². The number of carbonyl (C=O) groups is 1. The number of para-hydroxylation sites is 1. The van der Waals surface area contributed by atoms with Crippen LogP contribution in [0.5, 0.6) is 0 Å². The van der Waals surface area contributed by atoms with E-state index in [2.05, 4.69) is 4.99 Å². The van der Waals surface area contributed by atoms with Gasteiger partial charge in [-0.2, -0.15) is 0 Å². The molecular weight excluding hydrogens is 340 g/mol. The molecule has 1 fully saturated rings. The standard InChI is InChI=1S/C19H17ClN2OS/c1-2-12-22-18(23)17(13-14-8-6-7-11-16(14)20)24-19(22)21-15-9-4-3-5-10-15/h3-11,13H,2,12H2,1H3/b17-13-,21-19?. The fourth-order valence-electron chi connectivity index (χ4n) is 2.36. The number of hydrogen-bond acceptors (Lipinski definition) is 3. The van der Waals surface area contributed by atoms with E-state index in [0.29, 0.717) is 21.6 Å². The van der Waals surface area contributed by atoms with Gasteiger partial charge in [-0.3, -0.25) is 9.69 Å². The molecule has 1 amide bonds.